The van der Waals surface area contributed by atoms with Gasteiger partial charge in [-0.2, -0.15) is 0 Å². The van der Waals surface area contributed by atoms with Gasteiger partial charge in [0.05, 0.1) is 31.6 Å². The molecule has 3 atom stereocenters. The lowest BCUT2D eigenvalue weighted by Gasteiger charge is -2.54. The molecule has 160 valence electrons. The third-order valence-corrected chi connectivity index (χ3v) is 6.40. The van der Waals surface area contributed by atoms with E-state index in [-0.39, 0.29) is 12.1 Å². The van der Waals surface area contributed by atoms with Gasteiger partial charge < -0.3 is 9.80 Å². The van der Waals surface area contributed by atoms with Crippen molar-refractivity contribution in [2.45, 2.75) is 38.8 Å². The molecule has 0 bridgehead atoms. The Balaban J connectivity index is 1.91. The van der Waals surface area contributed by atoms with E-state index in [0.717, 1.165) is 17.1 Å². The number of hydrogen-bond donors (Lipinski definition) is 2. The highest BCUT2D eigenvalue weighted by Crippen LogP contribution is 2.46. The summed E-state index contributed by atoms with van der Waals surface area (Å²) in [7, 11) is 2.01. The number of amides is 4. The Morgan fingerprint density at radius 1 is 1.27 bits per heavy atom. The largest absolute Gasteiger partial charge is 0.355 e. The van der Waals surface area contributed by atoms with Crippen molar-refractivity contribution in [3.05, 3.63) is 33.9 Å². The number of anilines is 1. The number of non-ortho nitro benzene ring substituents is 1. The number of benzene rings is 1. The Bertz CT molecular complexity index is 971. The van der Waals surface area contributed by atoms with Gasteiger partial charge in [-0.05, 0) is 32.4 Å². The number of fused-ring (bicyclic) bond motifs is 4. The van der Waals surface area contributed by atoms with Crippen LogP contribution < -0.4 is 15.1 Å². The summed E-state index contributed by atoms with van der Waals surface area (Å²) in [6.45, 7) is 7.18. The molecule has 3 aliphatic heterocycles. The van der Waals surface area contributed by atoms with Crippen molar-refractivity contribution in [2.75, 3.05) is 31.6 Å². The van der Waals surface area contributed by atoms with Crippen molar-refractivity contribution in [3.8, 4) is 0 Å². The fourth-order valence-corrected chi connectivity index (χ4v) is 4.98. The first kappa shape index (κ1) is 20.3. The number of piperazine rings is 1. The van der Waals surface area contributed by atoms with Crippen LogP contribution in [0.2, 0.25) is 0 Å². The SMILES string of the molecule is C[NH+]1CCN2c3ccc([N+](=O)[O-])cc3C[C@@]3(C(=O)NC(=O)N(C(C)(C)C)C3=O)[C@H]2C1. The maximum absolute atomic E-state index is 13.8. The Kier molecular flexibility index (Phi) is 4.39. The van der Waals surface area contributed by atoms with Crippen molar-refractivity contribution < 1.29 is 24.2 Å². The van der Waals surface area contributed by atoms with Crippen LogP contribution >= 0.6 is 0 Å². The first-order valence-electron chi connectivity index (χ1n) is 10.0. The molecule has 4 rings (SSSR count). The minimum atomic E-state index is -1.52. The Labute approximate surface area is 173 Å². The molecule has 0 aliphatic carbocycles. The summed E-state index contributed by atoms with van der Waals surface area (Å²) in [6, 6.07) is 3.41. The fraction of sp³-hybridized carbons (Fsp3) is 0.550. The van der Waals surface area contributed by atoms with E-state index in [1.54, 1.807) is 26.8 Å². The van der Waals surface area contributed by atoms with Gasteiger partial charge in [0.2, 0.25) is 11.8 Å². The molecule has 3 aliphatic rings. The molecule has 1 aromatic rings. The lowest BCUT2D eigenvalue weighted by molar-refractivity contribution is -0.883. The number of nitrogens with one attached hydrogen (secondary N) is 2. The van der Waals surface area contributed by atoms with E-state index >= 15 is 0 Å². The summed E-state index contributed by atoms with van der Waals surface area (Å²) in [6.07, 6.45) is 0.0169. The normalized spacial score (nSPS) is 28.9. The second-order valence-electron chi connectivity index (χ2n) is 9.41. The second kappa shape index (κ2) is 6.49. The smallest absolute Gasteiger partial charge is 0.331 e. The van der Waals surface area contributed by atoms with Crippen LogP contribution in [0.15, 0.2) is 18.2 Å². The highest BCUT2D eigenvalue weighted by molar-refractivity contribution is 6.20. The van der Waals surface area contributed by atoms with Crippen LogP contribution in [0.1, 0.15) is 26.3 Å². The van der Waals surface area contributed by atoms with Gasteiger partial charge >= 0.3 is 6.03 Å². The summed E-state index contributed by atoms with van der Waals surface area (Å²) in [4.78, 5) is 54.9. The van der Waals surface area contributed by atoms with Crippen LogP contribution in [0.25, 0.3) is 0 Å². The second-order valence-corrected chi connectivity index (χ2v) is 9.41. The summed E-state index contributed by atoms with van der Waals surface area (Å²) in [5.74, 6) is -1.16. The van der Waals surface area contributed by atoms with E-state index in [2.05, 4.69) is 5.32 Å². The van der Waals surface area contributed by atoms with E-state index in [1.807, 2.05) is 11.9 Å². The van der Waals surface area contributed by atoms with Gasteiger partial charge in [0, 0.05) is 29.8 Å². The molecule has 1 aromatic carbocycles. The van der Waals surface area contributed by atoms with Gasteiger partial charge in [0.15, 0.2) is 5.41 Å². The number of nitrogens with zero attached hydrogens (tertiary/aromatic N) is 3. The number of quaternary nitrogens is 1. The predicted molar refractivity (Wildman–Crippen MR) is 107 cm³/mol. The van der Waals surface area contributed by atoms with Crippen molar-refractivity contribution in [3.63, 3.8) is 0 Å². The zero-order valence-electron chi connectivity index (χ0n) is 17.5. The van der Waals surface area contributed by atoms with Crippen LogP contribution in [0.3, 0.4) is 0 Å². The van der Waals surface area contributed by atoms with E-state index < -0.39 is 39.8 Å². The third-order valence-electron chi connectivity index (χ3n) is 6.40. The van der Waals surface area contributed by atoms with Crippen LogP contribution in [0, 0.1) is 15.5 Å². The number of hydrogen-bond acceptors (Lipinski definition) is 6. The molecular formula is C20H26N5O5+. The van der Waals surface area contributed by atoms with Gasteiger partial charge in [-0.15, -0.1) is 0 Å². The van der Waals surface area contributed by atoms with E-state index in [9.17, 15) is 24.5 Å². The molecule has 1 unspecified atom stereocenters. The standard InChI is InChI=1S/C20H25N5O5/c1-19(2,3)24-17(27)20(16(26)21-18(24)28)10-12-9-13(25(29)30)5-6-14(12)23-8-7-22(4)11-15(20)23/h5-6,9,15H,7-8,10-11H2,1-4H3,(H,21,26,28)/p+1/t15-,20+/m1/s1. The zero-order chi connectivity index (χ0) is 22.0. The number of urea groups is 1. The number of carbonyl (C=O) groups excluding carboxylic acids is 3. The minimum Gasteiger partial charge on any atom is -0.355 e. The number of nitro groups is 1. The van der Waals surface area contributed by atoms with Gasteiger partial charge in [0.25, 0.3) is 5.69 Å². The molecule has 10 heteroatoms. The number of nitro benzene ring substituents is 1. The molecule has 0 aromatic heterocycles. The molecule has 30 heavy (non-hydrogen) atoms. The molecular weight excluding hydrogens is 390 g/mol. The summed E-state index contributed by atoms with van der Waals surface area (Å²) in [5, 5.41) is 13.7. The van der Waals surface area contributed by atoms with Crippen molar-refractivity contribution in [2.24, 2.45) is 5.41 Å². The molecule has 10 nitrogen and oxygen atoms in total. The van der Waals surface area contributed by atoms with Crippen LogP contribution in [0.4, 0.5) is 16.2 Å². The quantitative estimate of drug-likeness (QED) is 0.369. The Morgan fingerprint density at radius 3 is 2.60 bits per heavy atom. The molecule has 3 heterocycles. The topological polar surface area (TPSA) is 117 Å². The summed E-state index contributed by atoms with van der Waals surface area (Å²) in [5.41, 5.74) is -1.05. The maximum atomic E-state index is 13.8. The minimum absolute atomic E-state index is 0.0169. The molecule has 2 saturated heterocycles. The Hall–Kier alpha value is -3.01. The zero-order valence-corrected chi connectivity index (χ0v) is 17.5. The van der Waals surface area contributed by atoms with Gasteiger partial charge in [-0.3, -0.25) is 29.9 Å². The molecule has 2 fully saturated rings. The highest BCUT2D eigenvalue weighted by atomic mass is 16.6. The van der Waals surface area contributed by atoms with Crippen LogP contribution in [-0.2, 0) is 16.0 Å². The van der Waals surface area contributed by atoms with Gasteiger partial charge in [-0.1, -0.05) is 0 Å². The molecule has 1 spiro atoms. The average Bonchev–Trinajstić information content (AvgIpc) is 2.64. The predicted octanol–water partition coefficient (Wildman–Crippen LogP) is -0.282. The maximum Gasteiger partial charge on any atom is 0.331 e. The number of rotatable bonds is 1. The number of carbonyl (C=O) groups is 3. The fourth-order valence-electron chi connectivity index (χ4n) is 4.98. The van der Waals surface area contributed by atoms with Crippen molar-refractivity contribution in [1.82, 2.24) is 10.2 Å². The van der Waals surface area contributed by atoms with Gasteiger partial charge in [-0.25, -0.2) is 4.79 Å². The third kappa shape index (κ3) is 2.78. The molecule has 2 N–H and O–H groups in total. The number of likely N-dealkylation sites (N-methyl/N-ethyl adjacent to an activating group) is 1. The lowest BCUT2D eigenvalue weighted by atomic mass is 9.67. The van der Waals surface area contributed by atoms with Crippen molar-refractivity contribution >= 4 is 29.2 Å². The van der Waals surface area contributed by atoms with Gasteiger partial charge in [0.1, 0.15) is 6.04 Å². The van der Waals surface area contributed by atoms with E-state index in [1.165, 1.54) is 17.0 Å². The highest BCUT2D eigenvalue weighted by Gasteiger charge is 2.64. The first-order chi connectivity index (χ1) is 14.0. The van der Waals surface area contributed by atoms with E-state index in [4.69, 9.17) is 0 Å². The van der Waals surface area contributed by atoms with Crippen LogP contribution in [-0.4, -0.2) is 65.9 Å². The molecule has 0 radical (unpaired) electrons. The Morgan fingerprint density at radius 2 is 1.97 bits per heavy atom. The monoisotopic (exact) mass is 416 g/mol. The van der Waals surface area contributed by atoms with Crippen LogP contribution in [0.5, 0.6) is 0 Å². The molecule has 4 amide bonds. The first-order valence-corrected chi connectivity index (χ1v) is 10.0. The summed E-state index contributed by atoms with van der Waals surface area (Å²) < 4.78 is 0. The number of imide groups is 2. The van der Waals surface area contributed by atoms with E-state index in [0.29, 0.717) is 18.7 Å². The molecule has 0 saturated carbocycles. The lowest BCUT2D eigenvalue weighted by Crippen LogP contribution is -3.14. The van der Waals surface area contributed by atoms with Crippen molar-refractivity contribution in [1.29, 1.82) is 0 Å². The number of barbiturate groups is 1. The average molecular weight is 416 g/mol. The summed E-state index contributed by atoms with van der Waals surface area (Å²) >= 11 is 0.